The van der Waals surface area contributed by atoms with E-state index in [0.717, 1.165) is 15.7 Å². The van der Waals surface area contributed by atoms with Crippen LogP contribution < -0.4 is 5.32 Å². The van der Waals surface area contributed by atoms with Crippen molar-refractivity contribution in [3.63, 3.8) is 0 Å². The van der Waals surface area contributed by atoms with Gasteiger partial charge in [-0.2, -0.15) is 4.68 Å². The Bertz CT molecular complexity index is 1080. The lowest BCUT2D eigenvalue weighted by Crippen LogP contribution is -2.15. The summed E-state index contributed by atoms with van der Waals surface area (Å²) in [5, 5.41) is 23.1. The number of para-hydroxylation sites is 1. The van der Waals surface area contributed by atoms with Crippen LogP contribution >= 0.6 is 34.7 Å². The molecule has 0 saturated carbocycles. The first-order valence-corrected chi connectivity index (χ1v) is 10.2. The molecule has 0 unspecified atom stereocenters. The van der Waals surface area contributed by atoms with E-state index in [9.17, 15) is 4.79 Å². The monoisotopic (exact) mass is 429 g/mol. The van der Waals surface area contributed by atoms with E-state index in [1.807, 2.05) is 30.3 Å². The Morgan fingerprint density at radius 2 is 1.96 bits per heavy atom. The van der Waals surface area contributed by atoms with E-state index in [-0.39, 0.29) is 5.91 Å². The Labute approximate surface area is 173 Å². The van der Waals surface area contributed by atoms with Crippen LogP contribution in [-0.4, -0.2) is 36.3 Å². The van der Waals surface area contributed by atoms with E-state index in [4.69, 9.17) is 11.6 Å². The highest BCUT2D eigenvalue weighted by atomic mass is 35.5. The van der Waals surface area contributed by atoms with Gasteiger partial charge >= 0.3 is 0 Å². The van der Waals surface area contributed by atoms with Crippen LogP contribution in [0.15, 0.2) is 59.2 Å². The quantitative estimate of drug-likeness (QED) is 0.368. The van der Waals surface area contributed by atoms with Gasteiger partial charge in [-0.05, 0) is 40.3 Å². The van der Waals surface area contributed by atoms with Gasteiger partial charge in [0.1, 0.15) is 6.33 Å². The molecule has 2 aromatic heterocycles. The molecule has 0 spiro atoms. The summed E-state index contributed by atoms with van der Waals surface area (Å²) < 4.78 is 2.20. The summed E-state index contributed by atoms with van der Waals surface area (Å²) in [6.07, 6.45) is 1.43. The molecule has 4 rings (SSSR count). The maximum atomic E-state index is 12.7. The van der Waals surface area contributed by atoms with Crippen molar-refractivity contribution in [1.29, 1.82) is 0 Å². The number of anilines is 1. The van der Waals surface area contributed by atoms with Gasteiger partial charge in [0.25, 0.3) is 5.91 Å². The lowest BCUT2D eigenvalue weighted by atomic mass is 10.1. The van der Waals surface area contributed by atoms with Gasteiger partial charge in [0.2, 0.25) is 5.13 Å². The average molecular weight is 430 g/mol. The molecule has 0 bridgehead atoms. The molecule has 11 heteroatoms. The molecule has 140 valence electrons. The smallest absolute Gasteiger partial charge is 0.259 e. The number of thioether (sulfide) groups is 1. The van der Waals surface area contributed by atoms with Crippen molar-refractivity contribution in [2.75, 3.05) is 5.32 Å². The summed E-state index contributed by atoms with van der Waals surface area (Å²) in [5.74, 6) is 0.429. The van der Waals surface area contributed by atoms with Crippen molar-refractivity contribution < 1.29 is 4.79 Å². The van der Waals surface area contributed by atoms with Crippen molar-refractivity contribution >= 4 is 45.7 Å². The number of carbonyl (C=O) groups is 1. The summed E-state index contributed by atoms with van der Waals surface area (Å²) in [5.41, 5.74) is 2.14. The molecule has 0 radical (unpaired) electrons. The normalized spacial score (nSPS) is 10.8. The van der Waals surface area contributed by atoms with Crippen LogP contribution in [0.5, 0.6) is 0 Å². The highest BCUT2D eigenvalue weighted by Gasteiger charge is 2.15. The highest BCUT2D eigenvalue weighted by molar-refractivity contribution is 8.00. The SMILES string of the molecule is O=C(Nc1nnc(SCc2ccc(Cl)cc2)s1)c1ccccc1-n1cnnn1. The van der Waals surface area contributed by atoms with Crippen LogP contribution in [-0.2, 0) is 5.75 Å². The predicted molar refractivity (Wildman–Crippen MR) is 108 cm³/mol. The second kappa shape index (κ2) is 8.46. The van der Waals surface area contributed by atoms with Crippen molar-refractivity contribution in [3.05, 3.63) is 71.0 Å². The van der Waals surface area contributed by atoms with Gasteiger partial charge in [0.15, 0.2) is 4.34 Å². The van der Waals surface area contributed by atoms with E-state index in [2.05, 4.69) is 31.0 Å². The van der Waals surface area contributed by atoms with Crippen LogP contribution in [0, 0.1) is 0 Å². The molecule has 0 aliphatic rings. The predicted octanol–water partition coefficient (Wildman–Crippen LogP) is 3.71. The summed E-state index contributed by atoms with van der Waals surface area (Å²) >= 11 is 8.76. The number of rotatable bonds is 6. The number of aromatic nitrogens is 6. The highest BCUT2D eigenvalue weighted by Crippen LogP contribution is 2.29. The van der Waals surface area contributed by atoms with Crippen LogP contribution in [0.4, 0.5) is 5.13 Å². The van der Waals surface area contributed by atoms with E-state index in [1.165, 1.54) is 22.3 Å². The molecule has 1 amide bonds. The second-order valence-electron chi connectivity index (χ2n) is 5.51. The number of hydrogen-bond donors (Lipinski definition) is 1. The topological polar surface area (TPSA) is 98.5 Å². The van der Waals surface area contributed by atoms with Gasteiger partial charge < -0.3 is 0 Å². The maximum Gasteiger partial charge on any atom is 0.259 e. The minimum atomic E-state index is -0.309. The number of amides is 1. The number of tetrazole rings is 1. The fourth-order valence-electron chi connectivity index (χ4n) is 2.35. The fraction of sp³-hybridized carbons (Fsp3) is 0.0588. The Hall–Kier alpha value is -2.82. The second-order valence-corrected chi connectivity index (χ2v) is 8.15. The molecular weight excluding hydrogens is 418 g/mol. The summed E-state index contributed by atoms with van der Waals surface area (Å²) in [7, 11) is 0. The molecule has 0 aliphatic heterocycles. The number of nitrogens with one attached hydrogen (secondary N) is 1. The molecule has 2 aromatic carbocycles. The Balaban J connectivity index is 1.43. The maximum absolute atomic E-state index is 12.7. The first-order valence-electron chi connectivity index (χ1n) is 8.03. The standard InChI is InChI=1S/C17H12ClN7OS2/c18-12-7-5-11(6-8-12)9-27-17-22-21-16(28-17)20-15(26)13-3-1-2-4-14(13)25-10-19-23-24-25/h1-8,10H,9H2,(H,20,21,26). The molecule has 28 heavy (non-hydrogen) atoms. The van der Waals surface area contributed by atoms with E-state index < -0.39 is 0 Å². The Morgan fingerprint density at radius 1 is 1.14 bits per heavy atom. The molecule has 0 fully saturated rings. The van der Waals surface area contributed by atoms with Crippen molar-refractivity contribution in [1.82, 2.24) is 30.4 Å². The van der Waals surface area contributed by atoms with Crippen LogP contribution in [0.3, 0.4) is 0 Å². The van der Waals surface area contributed by atoms with E-state index in [1.54, 1.807) is 30.0 Å². The summed E-state index contributed by atoms with van der Waals surface area (Å²) in [4.78, 5) is 12.7. The molecule has 8 nitrogen and oxygen atoms in total. The minimum absolute atomic E-state index is 0.309. The lowest BCUT2D eigenvalue weighted by molar-refractivity contribution is 0.102. The lowest BCUT2D eigenvalue weighted by Gasteiger charge is -2.07. The van der Waals surface area contributed by atoms with Gasteiger partial charge in [0, 0.05) is 10.8 Å². The van der Waals surface area contributed by atoms with Gasteiger partial charge in [-0.1, -0.05) is 59.0 Å². The summed E-state index contributed by atoms with van der Waals surface area (Å²) in [6.45, 7) is 0. The number of halogens is 1. The zero-order valence-electron chi connectivity index (χ0n) is 14.2. The fourth-order valence-corrected chi connectivity index (χ4v) is 4.17. The third kappa shape index (κ3) is 4.35. The van der Waals surface area contributed by atoms with Gasteiger partial charge in [-0.3, -0.25) is 10.1 Å². The van der Waals surface area contributed by atoms with Gasteiger partial charge in [-0.25, -0.2) is 0 Å². The molecule has 0 aliphatic carbocycles. The Morgan fingerprint density at radius 3 is 2.75 bits per heavy atom. The van der Waals surface area contributed by atoms with Crippen LogP contribution in [0.25, 0.3) is 5.69 Å². The van der Waals surface area contributed by atoms with Crippen LogP contribution in [0.1, 0.15) is 15.9 Å². The van der Waals surface area contributed by atoms with Gasteiger partial charge in [0.05, 0.1) is 11.3 Å². The molecule has 1 N–H and O–H groups in total. The van der Waals surface area contributed by atoms with Crippen molar-refractivity contribution in [2.45, 2.75) is 10.1 Å². The molecule has 0 atom stereocenters. The molecular formula is C17H12ClN7OS2. The van der Waals surface area contributed by atoms with Crippen molar-refractivity contribution in [3.8, 4) is 5.69 Å². The zero-order chi connectivity index (χ0) is 19.3. The van der Waals surface area contributed by atoms with Crippen molar-refractivity contribution in [2.24, 2.45) is 0 Å². The summed E-state index contributed by atoms with van der Waals surface area (Å²) in [6, 6.07) is 14.7. The molecule has 0 saturated heterocycles. The minimum Gasteiger partial charge on any atom is -0.296 e. The number of benzene rings is 2. The zero-order valence-corrected chi connectivity index (χ0v) is 16.6. The van der Waals surface area contributed by atoms with E-state index in [0.29, 0.717) is 21.4 Å². The average Bonchev–Trinajstić information content (AvgIpc) is 3.40. The first kappa shape index (κ1) is 18.5. The van der Waals surface area contributed by atoms with Crippen LogP contribution in [0.2, 0.25) is 5.02 Å². The molecule has 4 aromatic rings. The number of carbonyl (C=O) groups excluding carboxylic acids is 1. The number of hydrogen-bond acceptors (Lipinski definition) is 8. The third-order valence-electron chi connectivity index (χ3n) is 3.65. The Kier molecular flexibility index (Phi) is 5.60. The largest absolute Gasteiger partial charge is 0.296 e. The number of nitrogens with zero attached hydrogens (tertiary/aromatic N) is 6. The van der Waals surface area contributed by atoms with E-state index >= 15 is 0 Å². The molecule has 2 heterocycles. The van der Waals surface area contributed by atoms with Gasteiger partial charge in [-0.15, -0.1) is 15.3 Å². The third-order valence-corrected chi connectivity index (χ3v) is 5.94. The first-order chi connectivity index (χ1) is 13.7.